The van der Waals surface area contributed by atoms with Crippen molar-refractivity contribution < 1.29 is 14.4 Å². The molecule has 2 atom stereocenters. The molecule has 3 aromatic rings. The summed E-state index contributed by atoms with van der Waals surface area (Å²) in [6, 6.07) is 7.90. The number of aliphatic imine (C=N–C) groups is 1. The smallest absolute Gasteiger partial charge is 0.289 e. The van der Waals surface area contributed by atoms with Crippen molar-refractivity contribution in [2.45, 2.75) is 32.8 Å². The molecule has 2 N–H and O–H groups in total. The number of carbonyl (C=O) groups is 1. The number of pyridine rings is 1. The predicted molar refractivity (Wildman–Crippen MR) is 116 cm³/mol. The van der Waals surface area contributed by atoms with Crippen molar-refractivity contribution in [3.63, 3.8) is 0 Å². The van der Waals surface area contributed by atoms with E-state index < -0.39 is 0 Å². The molecule has 1 fully saturated rings. The predicted octanol–water partition coefficient (Wildman–Crippen LogP) is 1.96. The summed E-state index contributed by atoms with van der Waals surface area (Å²) >= 11 is 0. The summed E-state index contributed by atoms with van der Waals surface area (Å²) < 4.78 is 6.18. The number of rotatable bonds is 7. The van der Waals surface area contributed by atoms with E-state index in [1.54, 1.807) is 25.1 Å². The number of carbonyl (C=O) groups excluding carboxylic acids is 1. The van der Waals surface area contributed by atoms with Crippen LogP contribution in [0.4, 0.5) is 5.82 Å². The molecule has 0 radical (unpaired) electrons. The number of hydrogen-bond acceptors (Lipinski definition) is 8. The van der Waals surface area contributed by atoms with Gasteiger partial charge in [0.1, 0.15) is 0 Å². The number of amides is 1. The molecular formula is C22H24N6O4. The molecule has 0 spiro atoms. The van der Waals surface area contributed by atoms with E-state index >= 15 is 0 Å². The number of aromatic nitrogens is 4. The number of aryl methyl sites for hydroxylation is 1. The summed E-state index contributed by atoms with van der Waals surface area (Å²) in [5.74, 6) is 1.22. The summed E-state index contributed by atoms with van der Waals surface area (Å²) in [6.45, 7) is 2.11. The van der Waals surface area contributed by atoms with E-state index in [9.17, 15) is 14.7 Å². The lowest BCUT2D eigenvalue weighted by Gasteiger charge is -2.09. The van der Waals surface area contributed by atoms with Crippen LogP contribution < -0.4 is 10.9 Å². The Labute approximate surface area is 184 Å². The van der Waals surface area contributed by atoms with Gasteiger partial charge in [0.05, 0.1) is 29.9 Å². The van der Waals surface area contributed by atoms with E-state index in [2.05, 4.69) is 25.5 Å². The molecule has 32 heavy (non-hydrogen) atoms. The van der Waals surface area contributed by atoms with Crippen molar-refractivity contribution in [3.05, 3.63) is 64.0 Å². The molecule has 3 heterocycles. The highest BCUT2D eigenvalue weighted by Gasteiger charge is 2.24. The van der Waals surface area contributed by atoms with Gasteiger partial charge in [0.2, 0.25) is 5.76 Å². The van der Waals surface area contributed by atoms with E-state index in [1.165, 1.54) is 23.0 Å². The maximum Gasteiger partial charge on any atom is 0.289 e. The van der Waals surface area contributed by atoms with Gasteiger partial charge in [0.25, 0.3) is 11.5 Å². The summed E-state index contributed by atoms with van der Waals surface area (Å²) in [5.41, 5.74) is 1.27. The zero-order valence-corrected chi connectivity index (χ0v) is 17.6. The van der Waals surface area contributed by atoms with E-state index in [-0.39, 0.29) is 23.8 Å². The van der Waals surface area contributed by atoms with Crippen molar-refractivity contribution in [3.8, 4) is 5.69 Å². The third-order valence-electron chi connectivity index (χ3n) is 5.40. The largest absolute Gasteiger partial charge is 0.390 e. The Morgan fingerprint density at radius 3 is 2.94 bits per heavy atom. The van der Waals surface area contributed by atoms with Gasteiger partial charge in [-0.3, -0.25) is 9.59 Å². The quantitative estimate of drug-likeness (QED) is 0.541. The first-order valence-corrected chi connectivity index (χ1v) is 10.4. The normalized spacial score (nSPS) is 18.3. The zero-order chi connectivity index (χ0) is 22.5. The summed E-state index contributed by atoms with van der Waals surface area (Å²) in [5, 5.41) is 19.9. The van der Waals surface area contributed by atoms with Crippen molar-refractivity contribution >= 4 is 17.9 Å². The fourth-order valence-corrected chi connectivity index (χ4v) is 3.71. The van der Waals surface area contributed by atoms with Crippen LogP contribution in [0.15, 0.2) is 50.8 Å². The van der Waals surface area contributed by atoms with Gasteiger partial charge in [-0.25, -0.2) is 9.98 Å². The molecule has 1 aliphatic rings. The molecule has 10 nitrogen and oxygen atoms in total. The summed E-state index contributed by atoms with van der Waals surface area (Å²) in [6.07, 6.45) is 6.37. The van der Waals surface area contributed by atoms with Crippen LogP contribution in [0.3, 0.4) is 0 Å². The van der Waals surface area contributed by atoms with Gasteiger partial charge >= 0.3 is 0 Å². The first-order chi connectivity index (χ1) is 15.5. The van der Waals surface area contributed by atoms with Gasteiger partial charge in [-0.15, -0.1) is 0 Å². The first kappa shape index (κ1) is 21.6. The maximum absolute atomic E-state index is 12.1. The Morgan fingerprint density at radius 2 is 2.22 bits per heavy atom. The average Bonchev–Trinajstić information content (AvgIpc) is 3.46. The Hall–Kier alpha value is -3.66. The number of nitrogens with zero attached hydrogens (tertiary/aromatic N) is 5. The van der Waals surface area contributed by atoms with E-state index in [4.69, 9.17) is 4.52 Å². The lowest BCUT2D eigenvalue weighted by atomic mass is 10.1. The molecule has 10 heteroatoms. The second-order valence-corrected chi connectivity index (χ2v) is 7.87. The molecule has 1 amide bonds. The Kier molecular flexibility index (Phi) is 6.50. The fraction of sp³-hybridized carbons (Fsp3) is 0.364. The van der Waals surface area contributed by atoms with Crippen LogP contribution in [0.2, 0.25) is 0 Å². The fourth-order valence-electron chi connectivity index (χ4n) is 3.71. The molecular weight excluding hydrogens is 412 g/mol. The summed E-state index contributed by atoms with van der Waals surface area (Å²) in [4.78, 5) is 32.8. The molecule has 3 aromatic heterocycles. The van der Waals surface area contributed by atoms with Crippen molar-refractivity contribution in [2.24, 2.45) is 16.8 Å². The van der Waals surface area contributed by atoms with Crippen LogP contribution >= 0.6 is 0 Å². The zero-order valence-electron chi connectivity index (χ0n) is 17.6. The summed E-state index contributed by atoms with van der Waals surface area (Å²) in [7, 11) is 0. The van der Waals surface area contributed by atoms with E-state index in [1.807, 2.05) is 6.21 Å². The van der Waals surface area contributed by atoms with Crippen LogP contribution in [0.25, 0.3) is 5.69 Å². The molecule has 1 saturated carbocycles. The highest BCUT2D eigenvalue weighted by molar-refractivity contribution is 5.91. The van der Waals surface area contributed by atoms with Crippen LogP contribution in [-0.2, 0) is 6.61 Å². The third-order valence-corrected chi connectivity index (χ3v) is 5.40. The topological polar surface area (TPSA) is 136 Å². The van der Waals surface area contributed by atoms with Crippen LogP contribution in [0.1, 0.15) is 41.2 Å². The molecule has 4 rings (SSSR count). The number of nitrogens with one attached hydrogen (secondary N) is 1. The molecule has 1 aliphatic carbocycles. The molecule has 0 saturated heterocycles. The standard InChI is InChI=1S/C22H24N6O4/c1-14-8-19(32-27-14)22(31)25-11-16-3-2-15(9-16)10-23-20-6-5-18(12-24-20)28-21(30)7-4-17(13-29)26-28/h4-8,10,12,15-16,29H,2-3,9,11,13H2,1H3,(H,25,31)/t15?,16-/m1/s1. The monoisotopic (exact) mass is 436 g/mol. The minimum atomic E-state index is -0.303. The average molecular weight is 436 g/mol. The minimum Gasteiger partial charge on any atom is -0.390 e. The van der Waals surface area contributed by atoms with Crippen molar-refractivity contribution in [1.29, 1.82) is 0 Å². The maximum atomic E-state index is 12.1. The SMILES string of the molecule is Cc1cc(C(=O)NC[C@@H]2CCC(C=Nc3ccc(-n4nc(CO)ccc4=O)cn3)C2)on1. The Bertz CT molecular complexity index is 1170. The number of hydrogen-bond donors (Lipinski definition) is 2. The second-order valence-electron chi connectivity index (χ2n) is 7.87. The van der Waals surface area contributed by atoms with Crippen molar-refractivity contribution in [1.82, 2.24) is 25.2 Å². The van der Waals surface area contributed by atoms with Gasteiger partial charge in [0.15, 0.2) is 5.82 Å². The lowest BCUT2D eigenvalue weighted by molar-refractivity contribution is 0.0910. The minimum absolute atomic E-state index is 0.230. The van der Waals surface area contributed by atoms with E-state index in [0.29, 0.717) is 41.3 Å². The van der Waals surface area contributed by atoms with Gasteiger partial charge < -0.3 is 14.9 Å². The van der Waals surface area contributed by atoms with Crippen LogP contribution in [-0.4, -0.2) is 43.7 Å². The number of aliphatic hydroxyl groups excluding tert-OH is 1. The molecule has 1 unspecified atom stereocenters. The van der Waals surface area contributed by atoms with Gasteiger partial charge in [-0.1, -0.05) is 5.16 Å². The Morgan fingerprint density at radius 1 is 1.34 bits per heavy atom. The second kappa shape index (κ2) is 9.65. The third kappa shape index (κ3) is 5.14. The first-order valence-electron chi connectivity index (χ1n) is 10.4. The van der Waals surface area contributed by atoms with Crippen LogP contribution in [0.5, 0.6) is 0 Å². The molecule has 0 aromatic carbocycles. The lowest BCUT2D eigenvalue weighted by Crippen LogP contribution is -2.28. The van der Waals surface area contributed by atoms with E-state index in [0.717, 1.165) is 19.3 Å². The van der Waals surface area contributed by atoms with Crippen LogP contribution in [0, 0.1) is 18.8 Å². The highest BCUT2D eigenvalue weighted by atomic mass is 16.5. The Balaban J connectivity index is 1.30. The van der Waals surface area contributed by atoms with Gasteiger partial charge in [-0.2, -0.15) is 9.78 Å². The molecule has 166 valence electrons. The van der Waals surface area contributed by atoms with Crippen molar-refractivity contribution in [2.75, 3.05) is 6.54 Å². The molecule has 0 aliphatic heterocycles. The van der Waals surface area contributed by atoms with Gasteiger partial charge in [-0.05, 0) is 56.2 Å². The highest BCUT2D eigenvalue weighted by Crippen LogP contribution is 2.29. The number of aliphatic hydroxyl groups is 1. The molecule has 0 bridgehead atoms. The van der Waals surface area contributed by atoms with Gasteiger partial charge in [0, 0.05) is 24.9 Å².